The van der Waals surface area contributed by atoms with Gasteiger partial charge in [0.15, 0.2) is 11.7 Å². The molecule has 0 radical (unpaired) electrons. The van der Waals surface area contributed by atoms with Gasteiger partial charge in [-0.15, -0.1) is 0 Å². The third-order valence-corrected chi connectivity index (χ3v) is 14.4. The first-order chi connectivity index (χ1) is 29.7. The van der Waals surface area contributed by atoms with Gasteiger partial charge in [0, 0.05) is 0 Å². The highest BCUT2D eigenvalue weighted by atomic mass is 32.2. The number of halogens is 7. The van der Waals surface area contributed by atoms with Crippen molar-refractivity contribution in [3.05, 3.63) is 83.0 Å². The van der Waals surface area contributed by atoms with E-state index < -0.39 is 29.9 Å². The molecule has 2 saturated carbocycles. The van der Waals surface area contributed by atoms with Crippen LogP contribution in [0.25, 0.3) is 0 Å². The summed E-state index contributed by atoms with van der Waals surface area (Å²) in [6.45, 7) is 31.2. The monoisotopic (exact) mass is 919 g/mol. The van der Waals surface area contributed by atoms with Gasteiger partial charge in [-0.25, -0.2) is 13.2 Å². The first-order valence-corrected chi connectivity index (χ1v) is 25.8. The average molecular weight is 919 g/mol. The van der Waals surface area contributed by atoms with Gasteiger partial charge in [-0.1, -0.05) is 145 Å². The van der Waals surface area contributed by atoms with Gasteiger partial charge < -0.3 is 0 Å². The number of allylic oxidation sites excluding steroid dienone is 6. The average Bonchev–Trinajstić information content (AvgIpc) is 3.59. The molecular formula is C55H93F7S. The number of benzene rings is 1. The Labute approximate surface area is 388 Å². The molecule has 368 valence electrons. The van der Waals surface area contributed by atoms with Crippen LogP contribution in [-0.2, 0) is 12.8 Å². The maximum Gasteiger partial charge on any atom is 0.422 e. The van der Waals surface area contributed by atoms with Crippen LogP contribution in [0.2, 0.25) is 0 Å². The molecule has 1 aromatic carbocycles. The Balaban J connectivity index is 0. The minimum Gasteiger partial charge on any atom is -0.255 e. The number of rotatable bonds is 17. The van der Waals surface area contributed by atoms with E-state index in [-0.39, 0.29) is 11.1 Å². The van der Waals surface area contributed by atoms with Crippen molar-refractivity contribution >= 4 is 11.8 Å². The molecule has 0 saturated heterocycles. The maximum absolute atomic E-state index is 14.4. The third-order valence-electron chi connectivity index (χ3n) is 13.7. The summed E-state index contributed by atoms with van der Waals surface area (Å²) >= 11 is 1.93. The second-order valence-electron chi connectivity index (χ2n) is 18.5. The standard InChI is InChI=1S/C28H36F2.C14H28.C5H8F4.C5H12S.C2H6.CH3F/c1-6-17(2)26(29)27(30)18(3)15-20-8-10-22-21(16-20)9-11-24-23(22)13-14-28(5)19(4)7-12-25(24)28;1-5-7-9-14(10-8-6-2)12-11-13(3)4;1-3-4(2,6)5(7,8)9;1-3-4-5-6-2;2*1-2/h8,10,16,19,23-25H,2-3,6-7,9,11-15H2,1,4-5H3;5,7,13-14H,6,8-12H2,1-4H3;3H2,1-2H3;3-5H2,1-2H3;1-2H3;1H3/b27-26-;7-5-;;;;. The second kappa shape index (κ2) is 33.5. The number of thioether (sulfide) groups is 1. The van der Waals surface area contributed by atoms with E-state index in [1.165, 1.54) is 100 Å². The number of fused-ring (bicyclic) bond motifs is 5. The lowest BCUT2D eigenvalue weighted by atomic mass is 9.54. The Morgan fingerprint density at radius 3 is 1.97 bits per heavy atom. The quantitative estimate of drug-likeness (QED) is 0.0649. The molecule has 0 nitrogen and oxygen atoms in total. The van der Waals surface area contributed by atoms with Crippen molar-refractivity contribution in [3.63, 3.8) is 0 Å². The summed E-state index contributed by atoms with van der Waals surface area (Å²) in [6, 6.07) is 6.61. The van der Waals surface area contributed by atoms with E-state index in [1.807, 2.05) is 25.6 Å². The lowest BCUT2D eigenvalue weighted by Gasteiger charge is -2.50. The van der Waals surface area contributed by atoms with Crippen LogP contribution in [0, 0.1) is 35.0 Å². The predicted molar refractivity (Wildman–Crippen MR) is 266 cm³/mol. The molecule has 0 heterocycles. The summed E-state index contributed by atoms with van der Waals surface area (Å²) in [4.78, 5) is 0. The summed E-state index contributed by atoms with van der Waals surface area (Å²) in [5.41, 5.74) is 1.86. The molecule has 4 rings (SSSR count). The van der Waals surface area contributed by atoms with Crippen LogP contribution in [-0.4, -0.2) is 31.0 Å². The topological polar surface area (TPSA) is 0 Å². The van der Waals surface area contributed by atoms with Crippen molar-refractivity contribution < 1.29 is 30.7 Å². The fraction of sp³-hybridized carbons (Fsp3) is 0.745. The van der Waals surface area contributed by atoms with E-state index in [0.29, 0.717) is 38.3 Å². The molecule has 0 N–H and O–H groups in total. The zero-order valence-electron chi connectivity index (χ0n) is 42.5. The molecule has 63 heavy (non-hydrogen) atoms. The molecule has 7 atom stereocenters. The highest BCUT2D eigenvalue weighted by Gasteiger charge is 2.53. The molecule has 0 amide bonds. The predicted octanol–water partition coefficient (Wildman–Crippen LogP) is 20.0. The van der Waals surface area contributed by atoms with E-state index in [9.17, 15) is 30.7 Å². The highest BCUT2D eigenvalue weighted by molar-refractivity contribution is 7.98. The van der Waals surface area contributed by atoms with Crippen LogP contribution in [0.1, 0.15) is 202 Å². The molecule has 2 fully saturated rings. The number of hydrogen-bond donors (Lipinski definition) is 0. The van der Waals surface area contributed by atoms with Crippen molar-refractivity contribution in [2.75, 3.05) is 19.2 Å². The first kappa shape index (κ1) is 63.1. The van der Waals surface area contributed by atoms with Crippen LogP contribution in [0.4, 0.5) is 30.7 Å². The molecule has 0 aromatic heterocycles. The van der Waals surface area contributed by atoms with Gasteiger partial charge in [-0.3, -0.25) is 4.39 Å². The largest absolute Gasteiger partial charge is 0.422 e. The van der Waals surface area contributed by atoms with Crippen molar-refractivity contribution in [1.82, 2.24) is 0 Å². The van der Waals surface area contributed by atoms with Crippen molar-refractivity contribution in [1.29, 1.82) is 0 Å². The van der Waals surface area contributed by atoms with Gasteiger partial charge in [-0.2, -0.15) is 24.9 Å². The van der Waals surface area contributed by atoms with E-state index in [1.54, 1.807) is 6.92 Å². The zero-order valence-corrected chi connectivity index (χ0v) is 43.4. The van der Waals surface area contributed by atoms with Crippen LogP contribution < -0.4 is 0 Å². The molecule has 0 spiro atoms. The Kier molecular flexibility index (Phi) is 33.6. The first-order valence-electron chi connectivity index (χ1n) is 24.5. The van der Waals surface area contributed by atoms with E-state index >= 15 is 0 Å². The summed E-state index contributed by atoms with van der Waals surface area (Å²) < 4.78 is 84.6. The smallest absolute Gasteiger partial charge is 0.255 e. The summed E-state index contributed by atoms with van der Waals surface area (Å²) in [5.74, 6) is 4.65. The van der Waals surface area contributed by atoms with E-state index in [0.717, 1.165) is 48.5 Å². The summed E-state index contributed by atoms with van der Waals surface area (Å²) in [6.07, 6.45) is 20.9. The van der Waals surface area contributed by atoms with Crippen molar-refractivity contribution in [2.45, 2.75) is 210 Å². The summed E-state index contributed by atoms with van der Waals surface area (Å²) in [7, 11) is 0.500. The second-order valence-corrected chi connectivity index (χ2v) is 19.5. The Bertz CT molecular complexity index is 1440. The van der Waals surface area contributed by atoms with Gasteiger partial charge >= 0.3 is 6.18 Å². The van der Waals surface area contributed by atoms with Gasteiger partial charge in [-0.05, 0) is 172 Å². The molecule has 8 heteroatoms. The fourth-order valence-corrected chi connectivity index (χ4v) is 9.63. The van der Waals surface area contributed by atoms with Crippen LogP contribution in [0.3, 0.4) is 0 Å². The molecule has 3 aliphatic carbocycles. The number of aryl methyl sites for hydroxylation is 1. The molecule has 1 aromatic rings. The van der Waals surface area contributed by atoms with Gasteiger partial charge in [0.1, 0.15) is 0 Å². The minimum absolute atomic E-state index is 0.190. The van der Waals surface area contributed by atoms with Crippen LogP contribution in [0.5, 0.6) is 0 Å². The lowest BCUT2D eigenvalue weighted by molar-refractivity contribution is -0.224. The van der Waals surface area contributed by atoms with E-state index in [2.05, 4.69) is 98.2 Å². The SMILES string of the molecule is C/C=C\CC(CCCC)CCC(C)C.C=C(CC)/C(F)=C(/F)C(=C)Cc1ccc2c(c1)CCC1C2CCC2(C)C(C)CCC12.CC.CCC(C)(F)C(F)(F)F.CCCCSC.CF. The van der Waals surface area contributed by atoms with Crippen molar-refractivity contribution in [2.24, 2.45) is 35.0 Å². The fourth-order valence-electron chi connectivity index (χ4n) is 9.06. The number of alkyl halides is 5. The molecule has 0 aliphatic heterocycles. The number of unbranched alkanes of at least 4 members (excludes halogenated alkanes) is 2. The molecule has 0 bridgehead atoms. The Hall–Kier alpha value is -1.96. The normalized spacial score (nSPS) is 22.8. The third kappa shape index (κ3) is 21.5. The Morgan fingerprint density at radius 1 is 0.889 bits per heavy atom. The van der Waals surface area contributed by atoms with Crippen LogP contribution >= 0.6 is 11.8 Å². The molecule has 3 aliphatic rings. The van der Waals surface area contributed by atoms with Gasteiger partial charge in [0.05, 0.1) is 7.18 Å². The summed E-state index contributed by atoms with van der Waals surface area (Å²) in [5, 5.41) is 0. The van der Waals surface area contributed by atoms with E-state index in [4.69, 9.17) is 0 Å². The Morgan fingerprint density at radius 2 is 1.49 bits per heavy atom. The van der Waals surface area contributed by atoms with Crippen LogP contribution in [0.15, 0.2) is 66.3 Å². The van der Waals surface area contributed by atoms with Gasteiger partial charge in [0.25, 0.3) is 0 Å². The zero-order chi connectivity index (χ0) is 49.0. The highest BCUT2D eigenvalue weighted by Crippen LogP contribution is 2.62. The number of hydrogen-bond acceptors (Lipinski definition) is 1. The molecular weight excluding hydrogens is 826 g/mol. The minimum atomic E-state index is -4.72. The van der Waals surface area contributed by atoms with Gasteiger partial charge in [0.2, 0.25) is 5.67 Å². The van der Waals surface area contributed by atoms with Crippen molar-refractivity contribution in [3.8, 4) is 0 Å². The maximum atomic E-state index is 14.4. The molecule has 7 unspecified atom stereocenters. The lowest BCUT2D eigenvalue weighted by Crippen LogP contribution is -2.41.